The van der Waals surface area contributed by atoms with Gasteiger partial charge in [-0.15, -0.1) is 0 Å². The van der Waals surface area contributed by atoms with E-state index in [1.165, 1.54) is 13.0 Å². The van der Waals surface area contributed by atoms with Crippen molar-refractivity contribution in [3.63, 3.8) is 0 Å². The van der Waals surface area contributed by atoms with Crippen LogP contribution in [0.4, 0.5) is 17.1 Å². The molecule has 27 heavy (non-hydrogen) atoms. The number of fused-ring (bicyclic) bond motifs is 1. The predicted molar refractivity (Wildman–Crippen MR) is 98.2 cm³/mol. The van der Waals surface area contributed by atoms with Crippen LogP contribution in [-0.4, -0.2) is 28.1 Å². The topological polar surface area (TPSA) is 128 Å². The molecule has 0 fully saturated rings. The molecular formula is C18H19N3O6. The van der Waals surface area contributed by atoms with E-state index in [1.54, 1.807) is 0 Å². The maximum Gasteiger partial charge on any atom is 0.302 e. The minimum absolute atomic E-state index is 0.00647. The largest absolute Gasteiger partial charge is 0.493 e. The Labute approximate surface area is 154 Å². The lowest BCUT2D eigenvalue weighted by Gasteiger charge is -2.26. The van der Waals surface area contributed by atoms with E-state index in [2.05, 4.69) is 5.32 Å². The van der Waals surface area contributed by atoms with E-state index in [1.807, 2.05) is 24.3 Å². The van der Waals surface area contributed by atoms with Crippen LogP contribution >= 0.6 is 0 Å². The highest BCUT2D eigenvalue weighted by molar-refractivity contribution is 5.77. The summed E-state index contributed by atoms with van der Waals surface area (Å²) in [6.07, 6.45) is 0.694. The number of benzene rings is 2. The number of aliphatic hydroxyl groups excluding tert-OH is 1. The third-order valence-electron chi connectivity index (χ3n) is 4.80. The van der Waals surface area contributed by atoms with E-state index in [0.29, 0.717) is 19.6 Å². The molecule has 0 aromatic heterocycles. The van der Waals surface area contributed by atoms with Gasteiger partial charge in [0.05, 0.1) is 23.1 Å². The molecule has 0 aliphatic carbocycles. The molecule has 0 spiro atoms. The Bertz CT molecular complexity index is 899. The fourth-order valence-electron chi connectivity index (χ4n) is 3.37. The molecule has 9 heteroatoms. The fourth-order valence-corrected chi connectivity index (χ4v) is 3.37. The average Bonchev–Trinajstić information content (AvgIpc) is 2.65. The second-order valence-electron chi connectivity index (χ2n) is 6.33. The standard InChI is InChI=1S/C18H19N3O6/c1-11-13(10-22)8-15(20(23)24)17(18(11)21(25)26)19-9-12-6-7-27-16-5-3-2-4-14(12)16/h2-5,8,12,19,22H,6-7,9-10H2,1H3. The van der Waals surface area contributed by atoms with E-state index < -0.39 is 22.1 Å². The quantitative estimate of drug-likeness (QED) is 0.587. The third-order valence-corrected chi connectivity index (χ3v) is 4.80. The van der Waals surface area contributed by atoms with Gasteiger partial charge in [0.25, 0.3) is 5.69 Å². The summed E-state index contributed by atoms with van der Waals surface area (Å²) in [5, 5.41) is 35.4. The van der Waals surface area contributed by atoms with Crippen molar-refractivity contribution < 1.29 is 19.7 Å². The van der Waals surface area contributed by atoms with Crippen LogP contribution in [0.3, 0.4) is 0 Å². The van der Waals surface area contributed by atoms with Gasteiger partial charge in [-0.3, -0.25) is 20.2 Å². The number of aliphatic hydroxyl groups is 1. The van der Waals surface area contributed by atoms with Crippen molar-refractivity contribution in [2.75, 3.05) is 18.5 Å². The Morgan fingerprint density at radius 3 is 2.67 bits per heavy atom. The highest BCUT2D eigenvalue weighted by atomic mass is 16.6. The van der Waals surface area contributed by atoms with Crippen LogP contribution in [0.5, 0.6) is 5.75 Å². The molecular weight excluding hydrogens is 354 g/mol. The van der Waals surface area contributed by atoms with Gasteiger partial charge >= 0.3 is 5.69 Å². The SMILES string of the molecule is Cc1c(CO)cc([N+](=O)[O-])c(NCC2CCOc3ccccc32)c1[N+](=O)[O-]. The van der Waals surface area contributed by atoms with Crippen molar-refractivity contribution in [3.8, 4) is 5.75 Å². The monoisotopic (exact) mass is 373 g/mol. The molecule has 1 atom stereocenters. The number of anilines is 1. The minimum Gasteiger partial charge on any atom is -0.493 e. The molecule has 0 saturated heterocycles. The van der Waals surface area contributed by atoms with Gasteiger partial charge in [0.1, 0.15) is 5.75 Å². The van der Waals surface area contributed by atoms with Crippen LogP contribution in [-0.2, 0) is 6.61 Å². The second-order valence-corrected chi connectivity index (χ2v) is 6.33. The number of nitro benzene ring substituents is 2. The van der Waals surface area contributed by atoms with Crippen LogP contribution in [0, 0.1) is 27.2 Å². The number of hydrogen-bond donors (Lipinski definition) is 2. The number of hydrogen-bond acceptors (Lipinski definition) is 7. The van der Waals surface area contributed by atoms with E-state index >= 15 is 0 Å². The first kappa shape index (κ1) is 18.6. The molecule has 142 valence electrons. The Morgan fingerprint density at radius 1 is 1.26 bits per heavy atom. The Hall–Kier alpha value is -3.20. The molecule has 2 N–H and O–H groups in total. The van der Waals surface area contributed by atoms with Crippen molar-refractivity contribution in [2.24, 2.45) is 0 Å². The molecule has 9 nitrogen and oxygen atoms in total. The number of nitrogens with one attached hydrogen (secondary N) is 1. The molecule has 0 amide bonds. The minimum atomic E-state index is -0.675. The summed E-state index contributed by atoms with van der Waals surface area (Å²) in [6, 6.07) is 8.70. The van der Waals surface area contributed by atoms with Crippen LogP contribution in [0.15, 0.2) is 30.3 Å². The van der Waals surface area contributed by atoms with E-state index in [0.717, 1.165) is 11.3 Å². The molecule has 0 saturated carbocycles. The van der Waals surface area contributed by atoms with Crippen molar-refractivity contribution in [3.05, 3.63) is 67.3 Å². The van der Waals surface area contributed by atoms with Gasteiger partial charge in [0, 0.05) is 24.1 Å². The highest BCUT2D eigenvalue weighted by Gasteiger charge is 2.31. The van der Waals surface area contributed by atoms with E-state index in [9.17, 15) is 25.3 Å². The van der Waals surface area contributed by atoms with Crippen molar-refractivity contribution >= 4 is 17.1 Å². The van der Waals surface area contributed by atoms with Crippen LogP contribution in [0.25, 0.3) is 0 Å². The van der Waals surface area contributed by atoms with Crippen molar-refractivity contribution in [1.82, 2.24) is 0 Å². The molecule has 1 unspecified atom stereocenters. The van der Waals surface area contributed by atoms with Gasteiger partial charge in [-0.1, -0.05) is 18.2 Å². The average molecular weight is 373 g/mol. The maximum absolute atomic E-state index is 11.6. The summed E-state index contributed by atoms with van der Waals surface area (Å²) in [7, 11) is 0. The van der Waals surface area contributed by atoms with Gasteiger partial charge in [-0.2, -0.15) is 0 Å². The first-order chi connectivity index (χ1) is 12.9. The fraction of sp³-hybridized carbons (Fsp3) is 0.333. The number of para-hydroxylation sites is 1. The van der Waals surface area contributed by atoms with Gasteiger partial charge in [0.2, 0.25) is 0 Å². The third kappa shape index (κ3) is 3.54. The zero-order valence-corrected chi connectivity index (χ0v) is 14.7. The predicted octanol–water partition coefficient (Wildman–Crippen LogP) is 3.28. The number of ether oxygens (including phenoxy) is 1. The first-order valence-electron chi connectivity index (χ1n) is 8.45. The Kier molecular flexibility index (Phi) is 5.22. The number of rotatable bonds is 6. The lowest BCUT2D eigenvalue weighted by Crippen LogP contribution is -2.21. The van der Waals surface area contributed by atoms with Gasteiger partial charge < -0.3 is 15.2 Å². The maximum atomic E-state index is 11.6. The molecule has 0 bridgehead atoms. The zero-order chi connectivity index (χ0) is 19.6. The van der Waals surface area contributed by atoms with Crippen LogP contribution in [0.2, 0.25) is 0 Å². The first-order valence-corrected chi connectivity index (χ1v) is 8.45. The number of nitro groups is 2. The summed E-state index contributed by atoms with van der Waals surface area (Å²) < 4.78 is 5.61. The highest BCUT2D eigenvalue weighted by Crippen LogP contribution is 2.40. The van der Waals surface area contributed by atoms with Crippen LogP contribution in [0.1, 0.15) is 29.0 Å². The summed E-state index contributed by atoms with van der Waals surface area (Å²) in [4.78, 5) is 21.7. The van der Waals surface area contributed by atoms with Crippen LogP contribution < -0.4 is 10.1 Å². The van der Waals surface area contributed by atoms with Gasteiger partial charge in [0.15, 0.2) is 5.69 Å². The Balaban J connectivity index is 1.98. The summed E-state index contributed by atoms with van der Waals surface area (Å²) in [5.74, 6) is 0.762. The molecule has 3 rings (SSSR count). The van der Waals surface area contributed by atoms with Crippen molar-refractivity contribution in [1.29, 1.82) is 0 Å². The zero-order valence-electron chi connectivity index (χ0n) is 14.7. The molecule has 1 aliphatic rings. The lowest BCUT2D eigenvalue weighted by molar-refractivity contribution is -0.392. The smallest absolute Gasteiger partial charge is 0.302 e. The molecule has 2 aromatic carbocycles. The molecule has 1 heterocycles. The lowest BCUT2D eigenvalue weighted by atomic mass is 9.93. The molecule has 1 aliphatic heterocycles. The number of nitrogens with zero attached hydrogens (tertiary/aromatic N) is 2. The summed E-state index contributed by atoms with van der Waals surface area (Å²) >= 11 is 0. The van der Waals surface area contributed by atoms with Gasteiger partial charge in [-0.05, 0) is 30.5 Å². The van der Waals surface area contributed by atoms with Crippen molar-refractivity contribution in [2.45, 2.75) is 25.9 Å². The molecule has 2 aromatic rings. The van der Waals surface area contributed by atoms with E-state index in [-0.39, 0.29) is 28.4 Å². The molecule has 0 radical (unpaired) electrons. The summed E-state index contributed by atoms with van der Waals surface area (Å²) in [5.41, 5.74) is 0.401. The second kappa shape index (κ2) is 7.58. The normalized spacial score (nSPS) is 15.6. The Morgan fingerprint density at radius 2 is 2.00 bits per heavy atom. The summed E-state index contributed by atoms with van der Waals surface area (Å²) in [6.45, 7) is 1.76. The van der Waals surface area contributed by atoms with E-state index in [4.69, 9.17) is 4.74 Å². The van der Waals surface area contributed by atoms with Gasteiger partial charge in [-0.25, -0.2) is 0 Å².